The molecule has 2 heteroatoms. The Labute approximate surface area is 92.1 Å². The molecule has 1 unspecified atom stereocenters. The summed E-state index contributed by atoms with van der Waals surface area (Å²) in [5, 5.41) is 9.32. The van der Waals surface area contributed by atoms with Crippen LogP contribution in [0.2, 0.25) is 0 Å². The minimum atomic E-state index is -0.538. The first-order valence-corrected chi connectivity index (χ1v) is 6.37. The highest BCUT2D eigenvalue weighted by Gasteiger charge is 2.45. The average Bonchev–Trinajstić information content (AvgIpc) is 2.23. The standard InChI is InChI=1S/C13H22O2/c1-10-5-8-13(9-6-10)7-3-2-4-11(13)12(14)15/h10-11H,2-9H2,1H3,(H,14,15). The Morgan fingerprint density at radius 2 is 1.80 bits per heavy atom. The molecule has 0 bridgehead atoms. The molecule has 0 aliphatic heterocycles. The molecule has 2 aliphatic rings. The van der Waals surface area contributed by atoms with Crippen molar-refractivity contribution in [1.82, 2.24) is 0 Å². The largest absolute Gasteiger partial charge is 0.481 e. The summed E-state index contributed by atoms with van der Waals surface area (Å²) in [7, 11) is 0. The van der Waals surface area contributed by atoms with E-state index in [1.165, 1.54) is 19.3 Å². The number of hydrogen-bond acceptors (Lipinski definition) is 1. The Kier molecular flexibility index (Phi) is 3.03. The lowest BCUT2D eigenvalue weighted by molar-refractivity contribution is -0.150. The molecule has 1 N–H and O–H groups in total. The third-order valence-corrected chi connectivity index (χ3v) is 4.72. The van der Waals surface area contributed by atoms with Crippen LogP contribution in [0.4, 0.5) is 0 Å². The van der Waals surface area contributed by atoms with E-state index in [2.05, 4.69) is 6.92 Å². The molecule has 0 heterocycles. The maximum atomic E-state index is 11.3. The Bertz CT molecular complexity index is 239. The molecule has 0 amide bonds. The van der Waals surface area contributed by atoms with E-state index in [1.807, 2.05) is 0 Å². The summed E-state index contributed by atoms with van der Waals surface area (Å²) in [6, 6.07) is 0. The maximum absolute atomic E-state index is 11.3. The Morgan fingerprint density at radius 1 is 1.13 bits per heavy atom. The predicted molar refractivity (Wildman–Crippen MR) is 59.7 cm³/mol. The normalized spacial score (nSPS) is 41.7. The van der Waals surface area contributed by atoms with Crippen molar-refractivity contribution >= 4 is 5.97 Å². The molecule has 2 fully saturated rings. The van der Waals surface area contributed by atoms with Gasteiger partial charge in [0.1, 0.15) is 0 Å². The molecule has 1 atom stereocenters. The van der Waals surface area contributed by atoms with Crippen LogP contribution in [0.1, 0.15) is 58.3 Å². The van der Waals surface area contributed by atoms with Crippen molar-refractivity contribution in [3.05, 3.63) is 0 Å². The van der Waals surface area contributed by atoms with Gasteiger partial charge in [0.2, 0.25) is 0 Å². The molecular formula is C13H22O2. The van der Waals surface area contributed by atoms with Crippen LogP contribution in [0.3, 0.4) is 0 Å². The maximum Gasteiger partial charge on any atom is 0.307 e. The van der Waals surface area contributed by atoms with Gasteiger partial charge < -0.3 is 5.11 Å². The van der Waals surface area contributed by atoms with Gasteiger partial charge in [0, 0.05) is 0 Å². The lowest BCUT2D eigenvalue weighted by Crippen LogP contribution is -2.41. The molecule has 86 valence electrons. The fraction of sp³-hybridized carbons (Fsp3) is 0.923. The number of carbonyl (C=O) groups is 1. The lowest BCUT2D eigenvalue weighted by Gasteiger charge is -2.46. The van der Waals surface area contributed by atoms with E-state index in [-0.39, 0.29) is 11.3 Å². The van der Waals surface area contributed by atoms with Gasteiger partial charge in [0.25, 0.3) is 0 Å². The molecule has 1 spiro atoms. The average molecular weight is 210 g/mol. The Balaban J connectivity index is 2.12. The van der Waals surface area contributed by atoms with Crippen LogP contribution >= 0.6 is 0 Å². The molecule has 2 nitrogen and oxygen atoms in total. The van der Waals surface area contributed by atoms with Crippen molar-refractivity contribution in [3.8, 4) is 0 Å². The number of carboxylic acid groups (broad SMARTS) is 1. The molecular weight excluding hydrogens is 188 g/mol. The summed E-state index contributed by atoms with van der Waals surface area (Å²) in [5.41, 5.74) is 0.177. The highest BCUT2D eigenvalue weighted by molar-refractivity contribution is 5.71. The molecule has 0 aromatic carbocycles. The van der Waals surface area contributed by atoms with Crippen LogP contribution in [-0.4, -0.2) is 11.1 Å². The van der Waals surface area contributed by atoms with Crippen LogP contribution in [-0.2, 0) is 4.79 Å². The fourth-order valence-electron chi connectivity index (χ4n) is 3.63. The second-order valence-corrected chi connectivity index (χ2v) is 5.68. The van der Waals surface area contributed by atoms with E-state index in [4.69, 9.17) is 0 Å². The minimum Gasteiger partial charge on any atom is -0.481 e. The van der Waals surface area contributed by atoms with Gasteiger partial charge >= 0.3 is 5.97 Å². The van der Waals surface area contributed by atoms with Gasteiger partial charge in [0.05, 0.1) is 5.92 Å². The highest BCUT2D eigenvalue weighted by Crippen LogP contribution is 2.52. The fourth-order valence-corrected chi connectivity index (χ4v) is 3.63. The highest BCUT2D eigenvalue weighted by atomic mass is 16.4. The second kappa shape index (κ2) is 4.15. The molecule has 0 radical (unpaired) electrons. The Hall–Kier alpha value is -0.530. The van der Waals surface area contributed by atoms with Crippen molar-refractivity contribution in [2.45, 2.75) is 58.3 Å². The molecule has 0 aromatic rings. The molecule has 15 heavy (non-hydrogen) atoms. The van der Waals surface area contributed by atoms with E-state index < -0.39 is 5.97 Å². The topological polar surface area (TPSA) is 37.3 Å². The summed E-state index contributed by atoms with van der Waals surface area (Å²) < 4.78 is 0. The van der Waals surface area contributed by atoms with Gasteiger partial charge in [-0.1, -0.05) is 32.6 Å². The second-order valence-electron chi connectivity index (χ2n) is 5.68. The van der Waals surface area contributed by atoms with Gasteiger partial charge in [-0.25, -0.2) is 0 Å². The van der Waals surface area contributed by atoms with E-state index in [1.54, 1.807) is 0 Å². The van der Waals surface area contributed by atoms with E-state index >= 15 is 0 Å². The zero-order chi connectivity index (χ0) is 10.9. The van der Waals surface area contributed by atoms with Crippen LogP contribution in [0.15, 0.2) is 0 Å². The monoisotopic (exact) mass is 210 g/mol. The first-order valence-electron chi connectivity index (χ1n) is 6.37. The van der Waals surface area contributed by atoms with Crippen LogP contribution < -0.4 is 0 Å². The van der Waals surface area contributed by atoms with Gasteiger partial charge in [0.15, 0.2) is 0 Å². The molecule has 0 aromatic heterocycles. The van der Waals surface area contributed by atoms with Crippen molar-refractivity contribution < 1.29 is 9.90 Å². The number of carboxylic acids is 1. The smallest absolute Gasteiger partial charge is 0.307 e. The zero-order valence-corrected chi connectivity index (χ0v) is 9.67. The van der Waals surface area contributed by atoms with Gasteiger partial charge in [-0.05, 0) is 37.0 Å². The third kappa shape index (κ3) is 2.04. The van der Waals surface area contributed by atoms with Crippen LogP contribution in [0.25, 0.3) is 0 Å². The van der Waals surface area contributed by atoms with Crippen LogP contribution in [0.5, 0.6) is 0 Å². The SMILES string of the molecule is CC1CCC2(CCCCC2C(=O)O)CC1. The van der Waals surface area contributed by atoms with E-state index in [0.29, 0.717) is 0 Å². The summed E-state index contributed by atoms with van der Waals surface area (Å²) in [6.07, 6.45) is 9.25. The van der Waals surface area contributed by atoms with Gasteiger partial charge in [-0.15, -0.1) is 0 Å². The quantitative estimate of drug-likeness (QED) is 0.719. The van der Waals surface area contributed by atoms with Crippen molar-refractivity contribution in [2.24, 2.45) is 17.3 Å². The van der Waals surface area contributed by atoms with Gasteiger partial charge in [-0.3, -0.25) is 4.79 Å². The van der Waals surface area contributed by atoms with Crippen molar-refractivity contribution in [3.63, 3.8) is 0 Å². The number of hydrogen-bond donors (Lipinski definition) is 1. The summed E-state index contributed by atoms with van der Waals surface area (Å²) in [5.74, 6) is 0.231. The molecule has 2 saturated carbocycles. The lowest BCUT2D eigenvalue weighted by atomic mass is 9.58. The molecule has 0 saturated heterocycles. The van der Waals surface area contributed by atoms with Crippen molar-refractivity contribution in [2.75, 3.05) is 0 Å². The summed E-state index contributed by atoms with van der Waals surface area (Å²) in [4.78, 5) is 11.3. The predicted octanol–water partition coefficient (Wildman–Crippen LogP) is 3.46. The zero-order valence-electron chi connectivity index (χ0n) is 9.67. The van der Waals surface area contributed by atoms with Crippen molar-refractivity contribution in [1.29, 1.82) is 0 Å². The molecule has 2 aliphatic carbocycles. The van der Waals surface area contributed by atoms with E-state index in [9.17, 15) is 9.90 Å². The molecule has 2 rings (SSSR count). The van der Waals surface area contributed by atoms with Gasteiger partial charge in [-0.2, -0.15) is 0 Å². The minimum absolute atomic E-state index is 0.0428. The number of aliphatic carboxylic acids is 1. The third-order valence-electron chi connectivity index (χ3n) is 4.72. The first-order chi connectivity index (χ1) is 7.14. The summed E-state index contributed by atoms with van der Waals surface area (Å²) >= 11 is 0. The Morgan fingerprint density at radius 3 is 2.40 bits per heavy atom. The number of rotatable bonds is 1. The van der Waals surface area contributed by atoms with Crippen LogP contribution in [0, 0.1) is 17.3 Å². The summed E-state index contributed by atoms with van der Waals surface area (Å²) in [6.45, 7) is 2.30. The van der Waals surface area contributed by atoms with E-state index in [0.717, 1.165) is 38.0 Å². The first kappa shape index (κ1) is 11.0.